The van der Waals surface area contributed by atoms with Crippen LogP contribution >= 0.6 is 15.9 Å². The number of hydrogen-bond acceptors (Lipinski definition) is 2. The Kier molecular flexibility index (Phi) is 5.09. The van der Waals surface area contributed by atoms with Crippen molar-refractivity contribution in [3.05, 3.63) is 34.1 Å². The van der Waals surface area contributed by atoms with Gasteiger partial charge in [-0.1, -0.05) is 0 Å². The third kappa shape index (κ3) is 4.52. The number of nitrogens with one attached hydrogen (secondary N) is 1. The van der Waals surface area contributed by atoms with Crippen molar-refractivity contribution in [1.29, 1.82) is 0 Å². The van der Waals surface area contributed by atoms with E-state index in [4.69, 9.17) is 5.73 Å². The number of halogens is 2. The van der Waals surface area contributed by atoms with Gasteiger partial charge < -0.3 is 11.1 Å². The van der Waals surface area contributed by atoms with E-state index in [1.165, 1.54) is 18.2 Å². The molecule has 6 heteroatoms. The topological polar surface area (TPSA) is 72.2 Å². The van der Waals surface area contributed by atoms with Gasteiger partial charge in [0.15, 0.2) is 0 Å². The van der Waals surface area contributed by atoms with Crippen LogP contribution in [0.25, 0.3) is 0 Å². The van der Waals surface area contributed by atoms with Gasteiger partial charge in [0.1, 0.15) is 5.82 Å². The van der Waals surface area contributed by atoms with Gasteiger partial charge in [-0.3, -0.25) is 9.59 Å². The minimum atomic E-state index is -0.421. The molecule has 1 aromatic rings. The standard InChI is InChI=1S/C11H12BrFN2O2/c12-8-6-7(3-4-9(8)13)11(17)15-5-1-2-10(14)16/h3-4,6H,1-2,5H2,(H2,14,16)(H,15,17). The molecule has 0 heterocycles. The first-order valence-electron chi connectivity index (χ1n) is 5.02. The summed E-state index contributed by atoms with van der Waals surface area (Å²) in [6, 6.07) is 4.00. The summed E-state index contributed by atoms with van der Waals surface area (Å²) in [5, 5.41) is 2.61. The molecule has 4 nitrogen and oxygen atoms in total. The molecule has 17 heavy (non-hydrogen) atoms. The van der Waals surface area contributed by atoms with Crippen LogP contribution in [0.5, 0.6) is 0 Å². The molecule has 92 valence electrons. The number of primary amides is 1. The lowest BCUT2D eigenvalue weighted by molar-refractivity contribution is -0.118. The normalized spacial score (nSPS) is 10.0. The summed E-state index contributed by atoms with van der Waals surface area (Å²) < 4.78 is 13.2. The molecule has 3 N–H and O–H groups in total. The zero-order valence-electron chi connectivity index (χ0n) is 9.00. The van der Waals surface area contributed by atoms with E-state index in [2.05, 4.69) is 21.2 Å². The maximum absolute atomic E-state index is 12.9. The fraction of sp³-hybridized carbons (Fsp3) is 0.273. The average Bonchev–Trinajstić information content (AvgIpc) is 2.27. The van der Waals surface area contributed by atoms with Crippen molar-refractivity contribution in [2.75, 3.05) is 6.54 Å². The number of benzene rings is 1. The molecule has 0 aromatic heterocycles. The van der Waals surface area contributed by atoms with Crippen LogP contribution < -0.4 is 11.1 Å². The predicted molar refractivity (Wildman–Crippen MR) is 64.9 cm³/mol. The molecule has 0 aliphatic rings. The highest BCUT2D eigenvalue weighted by Gasteiger charge is 2.07. The molecule has 2 amide bonds. The maximum Gasteiger partial charge on any atom is 0.251 e. The summed E-state index contributed by atoms with van der Waals surface area (Å²) in [4.78, 5) is 22.0. The Labute approximate surface area is 107 Å². The van der Waals surface area contributed by atoms with Crippen LogP contribution in [-0.4, -0.2) is 18.4 Å². The number of hydrogen-bond donors (Lipinski definition) is 2. The highest BCUT2D eigenvalue weighted by molar-refractivity contribution is 9.10. The van der Waals surface area contributed by atoms with E-state index >= 15 is 0 Å². The third-order valence-corrected chi connectivity index (χ3v) is 2.68. The van der Waals surface area contributed by atoms with Gasteiger partial charge in [0, 0.05) is 18.5 Å². The van der Waals surface area contributed by atoms with Gasteiger partial charge >= 0.3 is 0 Å². The zero-order valence-corrected chi connectivity index (χ0v) is 10.6. The van der Waals surface area contributed by atoms with Crippen LogP contribution in [0.2, 0.25) is 0 Å². The molecule has 0 fully saturated rings. The SMILES string of the molecule is NC(=O)CCCNC(=O)c1ccc(F)c(Br)c1. The minimum absolute atomic E-state index is 0.230. The van der Waals surface area contributed by atoms with Crippen molar-refractivity contribution in [1.82, 2.24) is 5.32 Å². The molecule has 0 bridgehead atoms. The Hall–Kier alpha value is -1.43. The van der Waals surface area contributed by atoms with E-state index in [0.29, 0.717) is 18.5 Å². The Morgan fingerprint density at radius 2 is 2.12 bits per heavy atom. The van der Waals surface area contributed by atoms with Gasteiger partial charge in [-0.25, -0.2) is 4.39 Å². The zero-order chi connectivity index (χ0) is 12.8. The average molecular weight is 303 g/mol. The molecule has 0 saturated carbocycles. The molecular formula is C11H12BrFN2O2. The number of carbonyl (C=O) groups is 2. The van der Waals surface area contributed by atoms with Gasteiger partial charge in [0.25, 0.3) is 5.91 Å². The summed E-state index contributed by atoms with van der Waals surface area (Å²) in [6.45, 7) is 0.358. The van der Waals surface area contributed by atoms with Crippen molar-refractivity contribution in [3.8, 4) is 0 Å². The van der Waals surface area contributed by atoms with Gasteiger partial charge in [0.2, 0.25) is 5.91 Å². The molecule has 0 aliphatic carbocycles. The van der Waals surface area contributed by atoms with Gasteiger partial charge in [0.05, 0.1) is 4.47 Å². The van der Waals surface area contributed by atoms with Crippen molar-refractivity contribution in [3.63, 3.8) is 0 Å². The predicted octanol–water partition coefficient (Wildman–Crippen LogP) is 1.58. The summed E-state index contributed by atoms with van der Waals surface area (Å²) in [6.07, 6.45) is 0.719. The second kappa shape index (κ2) is 6.34. The molecular weight excluding hydrogens is 291 g/mol. The van der Waals surface area contributed by atoms with Crippen LogP contribution in [0.3, 0.4) is 0 Å². The Morgan fingerprint density at radius 3 is 2.71 bits per heavy atom. The molecule has 0 unspecified atom stereocenters. The summed E-state index contributed by atoms with van der Waals surface area (Å²) in [5.41, 5.74) is 5.32. The minimum Gasteiger partial charge on any atom is -0.370 e. The number of nitrogens with two attached hydrogens (primary N) is 1. The molecule has 1 aromatic carbocycles. The molecule has 0 aliphatic heterocycles. The van der Waals surface area contributed by atoms with Crippen LogP contribution in [0.4, 0.5) is 4.39 Å². The van der Waals surface area contributed by atoms with Crippen LogP contribution in [0, 0.1) is 5.82 Å². The monoisotopic (exact) mass is 302 g/mol. The number of carbonyl (C=O) groups excluding carboxylic acids is 2. The van der Waals surface area contributed by atoms with E-state index in [9.17, 15) is 14.0 Å². The lowest BCUT2D eigenvalue weighted by Gasteiger charge is -2.05. The van der Waals surface area contributed by atoms with E-state index in [-0.39, 0.29) is 16.8 Å². The molecule has 1 rings (SSSR count). The molecule has 0 atom stereocenters. The highest BCUT2D eigenvalue weighted by atomic mass is 79.9. The first-order chi connectivity index (χ1) is 8.00. The van der Waals surface area contributed by atoms with Gasteiger partial charge in [-0.15, -0.1) is 0 Å². The smallest absolute Gasteiger partial charge is 0.251 e. The maximum atomic E-state index is 12.9. The first kappa shape index (κ1) is 13.6. The second-order valence-electron chi connectivity index (χ2n) is 3.45. The fourth-order valence-electron chi connectivity index (χ4n) is 1.20. The molecule has 0 saturated heterocycles. The Balaban J connectivity index is 2.47. The largest absolute Gasteiger partial charge is 0.370 e. The Morgan fingerprint density at radius 1 is 1.41 bits per heavy atom. The first-order valence-corrected chi connectivity index (χ1v) is 5.81. The van der Waals surface area contributed by atoms with Crippen molar-refractivity contribution in [2.24, 2.45) is 5.73 Å². The molecule has 0 radical (unpaired) electrons. The van der Waals surface area contributed by atoms with Gasteiger partial charge in [-0.05, 0) is 40.5 Å². The van der Waals surface area contributed by atoms with Crippen LogP contribution in [0.1, 0.15) is 23.2 Å². The Bertz CT molecular complexity index is 437. The van der Waals surface area contributed by atoms with E-state index in [0.717, 1.165) is 0 Å². The quantitative estimate of drug-likeness (QED) is 0.811. The van der Waals surface area contributed by atoms with Crippen LogP contribution in [-0.2, 0) is 4.79 Å². The second-order valence-corrected chi connectivity index (χ2v) is 4.31. The summed E-state index contributed by atoms with van der Waals surface area (Å²) >= 11 is 3.00. The summed E-state index contributed by atoms with van der Waals surface area (Å²) in [5.74, 6) is -1.13. The van der Waals surface area contributed by atoms with Gasteiger partial charge in [-0.2, -0.15) is 0 Å². The van der Waals surface area contributed by atoms with E-state index in [1.807, 2.05) is 0 Å². The lowest BCUT2D eigenvalue weighted by atomic mass is 10.2. The molecule has 0 spiro atoms. The highest BCUT2D eigenvalue weighted by Crippen LogP contribution is 2.16. The number of rotatable bonds is 5. The van der Waals surface area contributed by atoms with Crippen molar-refractivity contribution < 1.29 is 14.0 Å². The van der Waals surface area contributed by atoms with Crippen molar-refractivity contribution in [2.45, 2.75) is 12.8 Å². The van der Waals surface area contributed by atoms with E-state index < -0.39 is 11.7 Å². The lowest BCUT2D eigenvalue weighted by Crippen LogP contribution is -2.25. The fourth-order valence-corrected chi connectivity index (χ4v) is 1.58. The van der Waals surface area contributed by atoms with E-state index in [1.54, 1.807) is 0 Å². The summed E-state index contributed by atoms with van der Waals surface area (Å²) in [7, 11) is 0. The third-order valence-electron chi connectivity index (χ3n) is 2.07. The van der Waals surface area contributed by atoms with Crippen molar-refractivity contribution >= 4 is 27.7 Å². The van der Waals surface area contributed by atoms with Crippen LogP contribution in [0.15, 0.2) is 22.7 Å². The number of amides is 2.